The van der Waals surface area contributed by atoms with Gasteiger partial charge < -0.3 is 5.32 Å². The van der Waals surface area contributed by atoms with E-state index in [-0.39, 0.29) is 22.3 Å². The highest BCUT2D eigenvalue weighted by Crippen LogP contribution is 2.27. The largest absolute Gasteiger partial charge is 0.363 e. The molecule has 0 unspecified atom stereocenters. The number of benzene rings is 1. The molecule has 0 aliphatic carbocycles. The van der Waals surface area contributed by atoms with Crippen LogP contribution >= 0.6 is 11.6 Å². The van der Waals surface area contributed by atoms with E-state index in [1.54, 1.807) is 12.1 Å². The van der Waals surface area contributed by atoms with Crippen molar-refractivity contribution in [3.05, 3.63) is 41.4 Å². The van der Waals surface area contributed by atoms with Crippen LogP contribution in [0.15, 0.2) is 30.3 Å². The van der Waals surface area contributed by atoms with Crippen molar-refractivity contribution in [3.63, 3.8) is 0 Å². The van der Waals surface area contributed by atoms with E-state index in [0.29, 0.717) is 5.56 Å². The standard InChI is InChI=1S/C14H15ClFN3/c1-14(2,3)19-12-10(16)11(17-13(15)18-12)9-7-5-4-6-8-9/h4-8H,1-3H3,(H,17,18,19). The molecule has 2 rings (SSSR count). The van der Waals surface area contributed by atoms with Gasteiger partial charge in [0.25, 0.3) is 0 Å². The molecule has 0 aliphatic heterocycles. The maximum Gasteiger partial charge on any atom is 0.225 e. The monoisotopic (exact) mass is 279 g/mol. The highest BCUT2D eigenvalue weighted by Gasteiger charge is 2.19. The second-order valence-electron chi connectivity index (χ2n) is 5.24. The first kappa shape index (κ1) is 13.7. The SMILES string of the molecule is CC(C)(C)Nc1nc(Cl)nc(-c2ccccc2)c1F. The molecule has 100 valence electrons. The zero-order valence-electron chi connectivity index (χ0n) is 11.0. The fraction of sp³-hybridized carbons (Fsp3) is 0.286. The second-order valence-corrected chi connectivity index (χ2v) is 5.58. The van der Waals surface area contributed by atoms with Crippen LogP contribution in [-0.2, 0) is 0 Å². The summed E-state index contributed by atoms with van der Waals surface area (Å²) in [6.45, 7) is 5.76. The van der Waals surface area contributed by atoms with Crippen molar-refractivity contribution in [1.29, 1.82) is 0 Å². The lowest BCUT2D eigenvalue weighted by Crippen LogP contribution is -2.27. The first-order valence-electron chi connectivity index (χ1n) is 5.93. The molecule has 5 heteroatoms. The van der Waals surface area contributed by atoms with Crippen molar-refractivity contribution < 1.29 is 4.39 Å². The third-order valence-electron chi connectivity index (χ3n) is 2.36. The fourth-order valence-electron chi connectivity index (χ4n) is 1.65. The van der Waals surface area contributed by atoms with Crippen LogP contribution in [-0.4, -0.2) is 15.5 Å². The minimum absolute atomic E-state index is 0.0204. The van der Waals surface area contributed by atoms with E-state index in [2.05, 4.69) is 15.3 Å². The summed E-state index contributed by atoms with van der Waals surface area (Å²) in [7, 11) is 0. The topological polar surface area (TPSA) is 37.8 Å². The van der Waals surface area contributed by atoms with Gasteiger partial charge in [0.05, 0.1) is 0 Å². The Morgan fingerprint density at radius 3 is 2.32 bits per heavy atom. The van der Waals surface area contributed by atoms with Crippen LogP contribution in [0.4, 0.5) is 10.2 Å². The van der Waals surface area contributed by atoms with Gasteiger partial charge in [-0.3, -0.25) is 0 Å². The quantitative estimate of drug-likeness (QED) is 0.839. The van der Waals surface area contributed by atoms with E-state index in [4.69, 9.17) is 11.6 Å². The average molecular weight is 280 g/mol. The fourth-order valence-corrected chi connectivity index (χ4v) is 1.81. The van der Waals surface area contributed by atoms with Gasteiger partial charge in [0.15, 0.2) is 11.6 Å². The summed E-state index contributed by atoms with van der Waals surface area (Å²) in [6.07, 6.45) is 0. The van der Waals surface area contributed by atoms with Crippen LogP contribution < -0.4 is 5.32 Å². The molecule has 0 spiro atoms. The number of hydrogen-bond acceptors (Lipinski definition) is 3. The Bertz CT molecular complexity index is 579. The lowest BCUT2D eigenvalue weighted by atomic mass is 10.1. The number of rotatable bonds is 2. The van der Waals surface area contributed by atoms with Gasteiger partial charge in [-0.25, -0.2) is 9.37 Å². The summed E-state index contributed by atoms with van der Waals surface area (Å²) in [6, 6.07) is 9.06. The molecule has 1 heterocycles. The van der Waals surface area contributed by atoms with Gasteiger partial charge in [-0.05, 0) is 32.4 Å². The van der Waals surface area contributed by atoms with E-state index < -0.39 is 5.82 Å². The third-order valence-corrected chi connectivity index (χ3v) is 2.53. The van der Waals surface area contributed by atoms with E-state index in [9.17, 15) is 4.39 Å². The minimum Gasteiger partial charge on any atom is -0.363 e. The summed E-state index contributed by atoms with van der Waals surface area (Å²) >= 11 is 5.87. The van der Waals surface area contributed by atoms with Crippen LogP contribution in [0.5, 0.6) is 0 Å². The number of aromatic nitrogens is 2. The highest BCUT2D eigenvalue weighted by atomic mass is 35.5. The number of halogens is 2. The lowest BCUT2D eigenvalue weighted by molar-refractivity contribution is 0.588. The predicted octanol–water partition coefficient (Wildman–Crippen LogP) is 4.15. The van der Waals surface area contributed by atoms with Gasteiger partial charge in [0, 0.05) is 11.1 Å². The number of anilines is 1. The Kier molecular flexibility index (Phi) is 3.71. The summed E-state index contributed by atoms with van der Waals surface area (Å²) in [5.41, 5.74) is 0.556. The Morgan fingerprint density at radius 1 is 1.11 bits per heavy atom. The average Bonchev–Trinajstić information content (AvgIpc) is 2.32. The molecule has 19 heavy (non-hydrogen) atoms. The Hall–Kier alpha value is -1.68. The number of nitrogens with zero attached hydrogens (tertiary/aromatic N) is 2. The molecule has 1 aromatic carbocycles. The third kappa shape index (κ3) is 3.41. The zero-order chi connectivity index (χ0) is 14.0. The van der Waals surface area contributed by atoms with Gasteiger partial charge >= 0.3 is 0 Å². The Labute approximate surface area is 116 Å². The number of hydrogen-bond donors (Lipinski definition) is 1. The second kappa shape index (κ2) is 5.13. The van der Waals surface area contributed by atoms with Crippen molar-refractivity contribution in [2.45, 2.75) is 26.3 Å². The molecule has 0 saturated heterocycles. The lowest BCUT2D eigenvalue weighted by Gasteiger charge is -2.22. The molecule has 0 saturated carbocycles. The van der Waals surface area contributed by atoms with Crippen molar-refractivity contribution in [3.8, 4) is 11.3 Å². The van der Waals surface area contributed by atoms with Crippen LogP contribution in [0.25, 0.3) is 11.3 Å². The summed E-state index contributed by atoms with van der Waals surface area (Å²) in [5, 5.41) is 3.01. The Balaban J connectivity index is 2.52. The molecule has 1 N–H and O–H groups in total. The Morgan fingerprint density at radius 2 is 1.74 bits per heavy atom. The molecular formula is C14H15ClFN3. The van der Waals surface area contributed by atoms with E-state index in [1.165, 1.54) is 0 Å². The van der Waals surface area contributed by atoms with Crippen LogP contribution in [0.1, 0.15) is 20.8 Å². The van der Waals surface area contributed by atoms with E-state index in [1.807, 2.05) is 39.0 Å². The molecule has 0 bridgehead atoms. The first-order valence-corrected chi connectivity index (χ1v) is 6.31. The first-order chi connectivity index (χ1) is 8.87. The van der Waals surface area contributed by atoms with Gasteiger partial charge in [-0.2, -0.15) is 4.98 Å². The predicted molar refractivity (Wildman–Crippen MR) is 75.8 cm³/mol. The molecule has 0 radical (unpaired) electrons. The minimum atomic E-state index is -0.495. The van der Waals surface area contributed by atoms with E-state index >= 15 is 0 Å². The molecule has 0 amide bonds. The maximum absolute atomic E-state index is 14.4. The summed E-state index contributed by atoms with van der Waals surface area (Å²) in [5.74, 6) is -0.378. The smallest absolute Gasteiger partial charge is 0.225 e. The van der Waals surface area contributed by atoms with Crippen molar-refractivity contribution >= 4 is 17.4 Å². The number of nitrogens with one attached hydrogen (secondary N) is 1. The van der Waals surface area contributed by atoms with Crippen LogP contribution in [0.2, 0.25) is 5.28 Å². The maximum atomic E-state index is 14.4. The van der Waals surface area contributed by atoms with Gasteiger partial charge in [-0.15, -0.1) is 0 Å². The van der Waals surface area contributed by atoms with Gasteiger partial charge in [0.2, 0.25) is 5.28 Å². The molecule has 0 fully saturated rings. The van der Waals surface area contributed by atoms with E-state index in [0.717, 1.165) is 0 Å². The van der Waals surface area contributed by atoms with Gasteiger partial charge in [0.1, 0.15) is 5.69 Å². The molecule has 2 aromatic rings. The molecule has 0 aliphatic rings. The molecular weight excluding hydrogens is 265 g/mol. The van der Waals surface area contributed by atoms with Crippen molar-refractivity contribution in [2.75, 3.05) is 5.32 Å². The summed E-state index contributed by atoms with van der Waals surface area (Å²) in [4.78, 5) is 7.89. The normalized spacial score (nSPS) is 11.4. The zero-order valence-corrected chi connectivity index (χ0v) is 11.8. The van der Waals surface area contributed by atoms with Gasteiger partial charge in [-0.1, -0.05) is 30.3 Å². The summed E-state index contributed by atoms with van der Waals surface area (Å²) < 4.78 is 14.4. The highest BCUT2D eigenvalue weighted by molar-refractivity contribution is 6.28. The van der Waals surface area contributed by atoms with Crippen molar-refractivity contribution in [2.24, 2.45) is 0 Å². The molecule has 1 aromatic heterocycles. The van der Waals surface area contributed by atoms with Crippen LogP contribution in [0.3, 0.4) is 0 Å². The van der Waals surface area contributed by atoms with Crippen LogP contribution in [0, 0.1) is 5.82 Å². The molecule has 0 atom stereocenters. The molecule has 3 nitrogen and oxygen atoms in total. The van der Waals surface area contributed by atoms with Crippen molar-refractivity contribution in [1.82, 2.24) is 9.97 Å².